The molecule has 0 N–H and O–H groups in total. The highest BCUT2D eigenvalue weighted by Crippen LogP contribution is 2.39. The van der Waals surface area contributed by atoms with Gasteiger partial charge in [-0.3, -0.25) is 14.5 Å². The van der Waals surface area contributed by atoms with Crippen molar-refractivity contribution in [2.45, 2.75) is 11.7 Å². The van der Waals surface area contributed by atoms with E-state index >= 15 is 0 Å². The standard InChI is InChI=1S/C15H13NO2S2/c1-16-14(17)13(20-15(16)18)8-12-7-11(9-19-12)10-5-3-2-4-6-10/h2-6,8-9,12H,7H2,1H3/b13-8-. The fraction of sp³-hybridized carbons (Fsp3) is 0.200. The van der Waals surface area contributed by atoms with Crippen LogP contribution in [0.2, 0.25) is 0 Å². The molecule has 3 nitrogen and oxygen atoms in total. The van der Waals surface area contributed by atoms with Crippen LogP contribution < -0.4 is 0 Å². The van der Waals surface area contributed by atoms with Gasteiger partial charge in [-0.1, -0.05) is 36.4 Å². The SMILES string of the molecule is CN1C(=O)S/C(=C\C2CC(c3ccccc3)=CS2)C1=O. The third-order valence-electron chi connectivity index (χ3n) is 3.27. The summed E-state index contributed by atoms with van der Waals surface area (Å²) in [6, 6.07) is 10.2. The van der Waals surface area contributed by atoms with Crippen LogP contribution in [0.25, 0.3) is 5.57 Å². The van der Waals surface area contributed by atoms with Gasteiger partial charge in [-0.15, -0.1) is 11.8 Å². The number of thioether (sulfide) groups is 2. The summed E-state index contributed by atoms with van der Waals surface area (Å²) in [4.78, 5) is 25.0. The minimum atomic E-state index is -0.194. The van der Waals surface area contributed by atoms with Crippen molar-refractivity contribution in [3.05, 3.63) is 52.3 Å². The van der Waals surface area contributed by atoms with Gasteiger partial charge in [0.15, 0.2) is 0 Å². The monoisotopic (exact) mass is 303 g/mol. The summed E-state index contributed by atoms with van der Waals surface area (Å²) in [5.41, 5.74) is 2.51. The van der Waals surface area contributed by atoms with Crippen LogP contribution in [0.3, 0.4) is 0 Å². The lowest BCUT2D eigenvalue weighted by molar-refractivity contribution is -0.121. The summed E-state index contributed by atoms with van der Waals surface area (Å²) >= 11 is 2.73. The lowest BCUT2D eigenvalue weighted by Gasteiger charge is -2.05. The Labute approximate surface area is 126 Å². The Morgan fingerprint density at radius 1 is 1.25 bits per heavy atom. The zero-order valence-corrected chi connectivity index (χ0v) is 12.5. The second kappa shape index (κ2) is 5.50. The maximum Gasteiger partial charge on any atom is 0.293 e. The topological polar surface area (TPSA) is 37.4 Å². The molecule has 2 amide bonds. The lowest BCUT2D eigenvalue weighted by Crippen LogP contribution is -2.22. The van der Waals surface area contributed by atoms with E-state index < -0.39 is 0 Å². The number of hydrogen-bond acceptors (Lipinski definition) is 4. The van der Waals surface area contributed by atoms with Crippen molar-refractivity contribution in [2.75, 3.05) is 7.05 Å². The molecule has 0 saturated carbocycles. The highest BCUT2D eigenvalue weighted by atomic mass is 32.2. The van der Waals surface area contributed by atoms with Gasteiger partial charge in [0.25, 0.3) is 11.1 Å². The van der Waals surface area contributed by atoms with E-state index in [9.17, 15) is 9.59 Å². The highest BCUT2D eigenvalue weighted by molar-refractivity contribution is 8.18. The van der Waals surface area contributed by atoms with E-state index in [1.165, 1.54) is 23.1 Å². The van der Waals surface area contributed by atoms with Crippen molar-refractivity contribution in [2.24, 2.45) is 0 Å². The average Bonchev–Trinajstić information content (AvgIpc) is 3.02. The van der Waals surface area contributed by atoms with Gasteiger partial charge in [0.05, 0.1) is 4.91 Å². The molecular formula is C15H13NO2S2. The van der Waals surface area contributed by atoms with Gasteiger partial charge in [-0.2, -0.15) is 0 Å². The molecule has 1 saturated heterocycles. The second-order valence-corrected chi connectivity index (χ2v) is 6.76. The molecule has 1 fully saturated rings. The molecule has 2 aliphatic heterocycles. The van der Waals surface area contributed by atoms with Crippen molar-refractivity contribution < 1.29 is 9.59 Å². The Morgan fingerprint density at radius 2 is 2.00 bits per heavy atom. The molecule has 0 radical (unpaired) electrons. The number of carbonyl (C=O) groups excluding carboxylic acids is 2. The molecule has 0 bridgehead atoms. The number of hydrogen-bond donors (Lipinski definition) is 0. The van der Waals surface area contributed by atoms with Crippen LogP contribution in [-0.4, -0.2) is 28.3 Å². The molecule has 1 aromatic carbocycles. The summed E-state index contributed by atoms with van der Waals surface area (Å²) in [7, 11) is 1.52. The molecule has 2 aliphatic rings. The van der Waals surface area contributed by atoms with Crippen LogP contribution in [0.1, 0.15) is 12.0 Å². The Hall–Kier alpha value is -1.46. The van der Waals surface area contributed by atoms with Crippen LogP contribution in [0, 0.1) is 0 Å². The molecule has 1 unspecified atom stereocenters. The van der Waals surface area contributed by atoms with E-state index in [1.807, 2.05) is 24.3 Å². The maximum atomic E-state index is 11.8. The largest absolute Gasteiger partial charge is 0.293 e. The Kier molecular flexibility index (Phi) is 3.72. The maximum absolute atomic E-state index is 11.8. The summed E-state index contributed by atoms with van der Waals surface area (Å²) in [6.45, 7) is 0. The van der Waals surface area contributed by atoms with Crippen molar-refractivity contribution in [3.8, 4) is 0 Å². The number of benzene rings is 1. The average molecular weight is 303 g/mol. The van der Waals surface area contributed by atoms with E-state index in [4.69, 9.17) is 0 Å². The van der Waals surface area contributed by atoms with E-state index in [2.05, 4.69) is 17.5 Å². The zero-order valence-electron chi connectivity index (χ0n) is 10.9. The number of imide groups is 1. The molecule has 5 heteroatoms. The summed E-state index contributed by atoms with van der Waals surface area (Å²) in [6.07, 6.45) is 2.81. The fourth-order valence-corrected chi connectivity index (χ4v) is 4.16. The number of carbonyl (C=O) groups is 2. The fourth-order valence-electron chi connectivity index (χ4n) is 2.15. The number of amides is 2. The van der Waals surface area contributed by atoms with Crippen molar-refractivity contribution in [3.63, 3.8) is 0 Å². The lowest BCUT2D eigenvalue weighted by atomic mass is 10.0. The minimum Gasteiger partial charge on any atom is -0.272 e. The molecular weight excluding hydrogens is 290 g/mol. The molecule has 1 aromatic rings. The Morgan fingerprint density at radius 3 is 2.65 bits per heavy atom. The van der Waals surface area contributed by atoms with Crippen LogP contribution in [-0.2, 0) is 4.79 Å². The molecule has 1 atom stereocenters. The molecule has 102 valence electrons. The molecule has 0 spiro atoms. The number of nitrogens with zero attached hydrogens (tertiary/aromatic N) is 1. The van der Waals surface area contributed by atoms with Crippen LogP contribution in [0.5, 0.6) is 0 Å². The molecule has 0 aliphatic carbocycles. The smallest absolute Gasteiger partial charge is 0.272 e. The summed E-state index contributed by atoms with van der Waals surface area (Å²) < 4.78 is 0. The first-order valence-electron chi connectivity index (χ1n) is 6.27. The minimum absolute atomic E-state index is 0.186. The number of likely N-dealkylation sites (N-methyl/N-ethyl adjacent to an activating group) is 1. The third kappa shape index (κ3) is 2.55. The first-order chi connectivity index (χ1) is 9.65. The summed E-state index contributed by atoms with van der Waals surface area (Å²) in [5, 5.41) is 2.18. The van der Waals surface area contributed by atoms with Gasteiger partial charge >= 0.3 is 0 Å². The first kappa shape index (κ1) is 13.5. The molecule has 3 rings (SSSR count). The quantitative estimate of drug-likeness (QED) is 0.780. The predicted molar refractivity (Wildman–Crippen MR) is 84.3 cm³/mol. The van der Waals surface area contributed by atoms with Gasteiger partial charge < -0.3 is 0 Å². The summed E-state index contributed by atoms with van der Waals surface area (Å²) in [5.74, 6) is -0.186. The third-order valence-corrected chi connectivity index (χ3v) is 5.33. The van der Waals surface area contributed by atoms with Gasteiger partial charge in [-0.25, -0.2) is 0 Å². The Balaban J connectivity index is 1.71. The van der Waals surface area contributed by atoms with Gasteiger partial charge in [-0.05, 0) is 34.7 Å². The predicted octanol–water partition coefficient (Wildman–Crippen LogP) is 3.74. The van der Waals surface area contributed by atoms with Crippen LogP contribution in [0.15, 0.2) is 46.7 Å². The van der Waals surface area contributed by atoms with E-state index in [-0.39, 0.29) is 16.4 Å². The van der Waals surface area contributed by atoms with Gasteiger partial charge in [0, 0.05) is 12.3 Å². The molecule has 0 aromatic heterocycles. The molecule has 2 heterocycles. The Bertz CT molecular complexity index is 622. The molecule has 20 heavy (non-hydrogen) atoms. The van der Waals surface area contributed by atoms with E-state index in [0.717, 1.165) is 18.2 Å². The van der Waals surface area contributed by atoms with Crippen molar-refractivity contribution in [1.29, 1.82) is 0 Å². The van der Waals surface area contributed by atoms with Crippen molar-refractivity contribution in [1.82, 2.24) is 4.90 Å². The second-order valence-electron chi connectivity index (χ2n) is 4.65. The normalized spacial score (nSPS) is 24.6. The highest BCUT2D eigenvalue weighted by Gasteiger charge is 2.33. The van der Waals surface area contributed by atoms with Crippen molar-refractivity contribution >= 4 is 40.2 Å². The van der Waals surface area contributed by atoms with E-state index in [0.29, 0.717) is 4.91 Å². The number of allylic oxidation sites excluding steroid dienone is 1. The first-order valence-corrected chi connectivity index (χ1v) is 8.02. The van der Waals surface area contributed by atoms with E-state index in [1.54, 1.807) is 11.8 Å². The number of rotatable bonds is 2. The van der Waals surface area contributed by atoms with Crippen LogP contribution in [0.4, 0.5) is 4.79 Å². The van der Waals surface area contributed by atoms with Gasteiger partial charge in [0.1, 0.15) is 0 Å². The van der Waals surface area contributed by atoms with Gasteiger partial charge in [0.2, 0.25) is 0 Å². The zero-order chi connectivity index (χ0) is 14.1. The van der Waals surface area contributed by atoms with Crippen LogP contribution >= 0.6 is 23.5 Å².